The van der Waals surface area contributed by atoms with Crippen LogP contribution in [0.15, 0.2) is 60.8 Å². The summed E-state index contributed by atoms with van der Waals surface area (Å²) in [5.41, 5.74) is 9.76. The van der Waals surface area contributed by atoms with Gasteiger partial charge in [0.25, 0.3) is 11.8 Å². The number of rotatable bonds is 5. The molecule has 1 aliphatic heterocycles. The van der Waals surface area contributed by atoms with E-state index in [2.05, 4.69) is 10.3 Å². The number of fused-ring (bicyclic) bond motifs is 1. The Kier molecular flexibility index (Phi) is 6.32. The molecule has 1 atom stereocenters. The molecule has 3 N–H and O–H groups in total. The molecule has 0 radical (unpaired) electrons. The fourth-order valence-corrected chi connectivity index (χ4v) is 4.14. The van der Waals surface area contributed by atoms with Crippen molar-refractivity contribution in [2.45, 2.75) is 26.4 Å². The lowest BCUT2D eigenvalue weighted by molar-refractivity contribution is -0.122. The molecule has 0 spiro atoms. The van der Waals surface area contributed by atoms with Crippen LogP contribution in [0.25, 0.3) is 11.1 Å². The van der Waals surface area contributed by atoms with Crippen molar-refractivity contribution in [3.05, 3.63) is 77.5 Å². The predicted molar refractivity (Wildman–Crippen MR) is 131 cm³/mol. The van der Waals surface area contributed by atoms with E-state index in [1.807, 2.05) is 31.2 Å². The summed E-state index contributed by atoms with van der Waals surface area (Å²) >= 11 is 0. The third-order valence-corrected chi connectivity index (χ3v) is 6.00. The molecule has 2 heterocycles. The van der Waals surface area contributed by atoms with Crippen molar-refractivity contribution >= 4 is 29.2 Å². The van der Waals surface area contributed by atoms with Gasteiger partial charge in [-0.15, -0.1) is 0 Å². The SMILES string of the molecule is CCNC(=O)c1cccc(CN2C(=O)c3ccc(-c4ccnc(N)c4)cc3N(C)C(=O)[C@H]2C)c1. The first-order valence-corrected chi connectivity index (χ1v) is 11.1. The Balaban J connectivity index is 1.70. The van der Waals surface area contributed by atoms with Crippen molar-refractivity contribution in [2.75, 3.05) is 24.2 Å². The molecule has 3 amide bonds. The molecule has 0 unspecified atom stereocenters. The summed E-state index contributed by atoms with van der Waals surface area (Å²) in [6, 6.07) is 15.4. The minimum atomic E-state index is -0.682. The highest BCUT2D eigenvalue weighted by Gasteiger charge is 2.35. The summed E-state index contributed by atoms with van der Waals surface area (Å²) in [6.07, 6.45) is 1.62. The molecule has 8 heteroatoms. The third kappa shape index (κ3) is 4.34. The smallest absolute Gasteiger partial charge is 0.256 e. The molecule has 2 aromatic carbocycles. The standard InChI is InChI=1S/C26H27N5O3/c1-4-28-24(32)20-7-5-6-17(12-20)15-31-16(2)25(33)30(3)22-13-18(8-9-21(22)26(31)34)19-10-11-29-23(27)14-19/h5-14,16H,4,15H2,1-3H3,(H2,27,29)(H,28,32)/t16-/m1/s1. The van der Waals surface area contributed by atoms with Gasteiger partial charge < -0.3 is 20.9 Å². The number of nitrogens with one attached hydrogen (secondary N) is 1. The molecule has 0 saturated carbocycles. The van der Waals surface area contributed by atoms with Crippen molar-refractivity contribution < 1.29 is 14.4 Å². The van der Waals surface area contributed by atoms with Crippen LogP contribution in [-0.4, -0.2) is 47.2 Å². The van der Waals surface area contributed by atoms with Gasteiger partial charge in [0, 0.05) is 31.9 Å². The Morgan fingerprint density at radius 1 is 1.09 bits per heavy atom. The van der Waals surface area contributed by atoms with E-state index in [1.165, 1.54) is 4.90 Å². The number of benzene rings is 2. The van der Waals surface area contributed by atoms with Crippen LogP contribution in [-0.2, 0) is 11.3 Å². The first kappa shape index (κ1) is 23.0. The second-order valence-corrected chi connectivity index (χ2v) is 8.27. The average molecular weight is 458 g/mol. The largest absolute Gasteiger partial charge is 0.384 e. The Morgan fingerprint density at radius 3 is 2.59 bits per heavy atom. The summed E-state index contributed by atoms with van der Waals surface area (Å²) in [5.74, 6) is -0.226. The van der Waals surface area contributed by atoms with Gasteiger partial charge >= 0.3 is 0 Å². The molecular formula is C26H27N5O3. The van der Waals surface area contributed by atoms with Gasteiger partial charge in [-0.25, -0.2) is 4.98 Å². The molecular weight excluding hydrogens is 430 g/mol. The lowest BCUT2D eigenvalue weighted by Crippen LogP contribution is -2.45. The zero-order valence-electron chi connectivity index (χ0n) is 19.4. The summed E-state index contributed by atoms with van der Waals surface area (Å²) in [6.45, 7) is 4.31. The van der Waals surface area contributed by atoms with E-state index in [4.69, 9.17) is 5.73 Å². The summed E-state index contributed by atoms with van der Waals surface area (Å²) in [4.78, 5) is 46.2. The highest BCUT2D eigenvalue weighted by molar-refractivity contribution is 6.11. The van der Waals surface area contributed by atoms with Crippen molar-refractivity contribution in [3.63, 3.8) is 0 Å². The van der Waals surface area contributed by atoms with Gasteiger partial charge in [-0.05, 0) is 66.9 Å². The summed E-state index contributed by atoms with van der Waals surface area (Å²) in [7, 11) is 1.68. The maximum Gasteiger partial charge on any atom is 0.256 e. The van der Waals surface area contributed by atoms with Crippen molar-refractivity contribution in [2.24, 2.45) is 0 Å². The summed E-state index contributed by atoms with van der Waals surface area (Å²) in [5, 5.41) is 2.78. The van der Waals surface area contributed by atoms with E-state index >= 15 is 0 Å². The fraction of sp³-hybridized carbons (Fsp3) is 0.231. The molecule has 0 aliphatic carbocycles. The minimum absolute atomic E-state index is 0.176. The van der Waals surface area contributed by atoms with Gasteiger partial charge in [0.05, 0.1) is 11.3 Å². The second-order valence-electron chi connectivity index (χ2n) is 8.27. The molecule has 1 aromatic heterocycles. The Hall–Kier alpha value is -4.20. The van der Waals surface area contributed by atoms with E-state index in [0.717, 1.165) is 16.7 Å². The number of carbonyl (C=O) groups is 3. The van der Waals surface area contributed by atoms with Crippen molar-refractivity contribution in [1.82, 2.24) is 15.2 Å². The number of amides is 3. The number of anilines is 2. The number of nitrogen functional groups attached to an aromatic ring is 1. The number of aromatic nitrogens is 1. The van der Waals surface area contributed by atoms with E-state index in [9.17, 15) is 14.4 Å². The molecule has 3 aromatic rings. The normalized spacial score (nSPS) is 15.7. The van der Waals surface area contributed by atoms with Crippen LogP contribution in [0.1, 0.15) is 40.1 Å². The van der Waals surface area contributed by atoms with E-state index in [1.54, 1.807) is 55.4 Å². The Labute approximate surface area is 198 Å². The Bertz CT molecular complexity index is 1270. The van der Waals surface area contributed by atoms with Crippen LogP contribution in [0.3, 0.4) is 0 Å². The quantitative estimate of drug-likeness (QED) is 0.612. The zero-order chi connectivity index (χ0) is 24.4. The molecule has 34 heavy (non-hydrogen) atoms. The molecule has 0 bridgehead atoms. The highest BCUT2D eigenvalue weighted by atomic mass is 16.2. The van der Waals surface area contributed by atoms with Gasteiger partial charge in [0.2, 0.25) is 5.91 Å². The van der Waals surface area contributed by atoms with Gasteiger partial charge in [-0.3, -0.25) is 14.4 Å². The number of carbonyl (C=O) groups excluding carboxylic acids is 3. The van der Waals surface area contributed by atoms with Crippen molar-refractivity contribution in [1.29, 1.82) is 0 Å². The van der Waals surface area contributed by atoms with E-state index in [0.29, 0.717) is 29.2 Å². The number of hydrogen-bond donors (Lipinski definition) is 2. The molecule has 8 nitrogen and oxygen atoms in total. The first-order valence-electron chi connectivity index (χ1n) is 11.1. The number of hydrogen-bond acceptors (Lipinski definition) is 5. The number of nitrogens with zero attached hydrogens (tertiary/aromatic N) is 3. The number of nitrogens with two attached hydrogens (primary N) is 1. The van der Waals surface area contributed by atoms with E-state index in [-0.39, 0.29) is 24.3 Å². The minimum Gasteiger partial charge on any atom is -0.384 e. The lowest BCUT2D eigenvalue weighted by atomic mass is 10.0. The fourth-order valence-electron chi connectivity index (χ4n) is 4.14. The van der Waals surface area contributed by atoms with Gasteiger partial charge in [-0.1, -0.05) is 18.2 Å². The van der Waals surface area contributed by atoms with Gasteiger partial charge in [-0.2, -0.15) is 0 Å². The summed E-state index contributed by atoms with van der Waals surface area (Å²) < 4.78 is 0. The topological polar surface area (TPSA) is 109 Å². The Morgan fingerprint density at radius 2 is 1.85 bits per heavy atom. The molecule has 174 valence electrons. The number of likely N-dealkylation sites (N-methyl/N-ethyl adjacent to an activating group) is 1. The van der Waals surface area contributed by atoms with Crippen LogP contribution in [0.2, 0.25) is 0 Å². The molecule has 4 rings (SSSR count). The zero-order valence-corrected chi connectivity index (χ0v) is 19.4. The predicted octanol–water partition coefficient (Wildman–Crippen LogP) is 3.09. The van der Waals surface area contributed by atoms with Crippen LogP contribution in [0.5, 0.6) is 0 Å². The molecule has 0 fully saturated rings. The first-order chi connectivity index (χ1) is 16.3. The van der Waals surface area contributed by atoms with Crippen molar-refractivity contribution in [3.8, 4) is 11.1 Å². The van der Waals surface area contributed by atoms with Gasteiger partial charge in [0.15, 0.2) is 0 Å². The molecule has 0 saturated heterocycles. The lowest BCUT2D eigenvalue weighted by Gasteiger charge is -2.27. The van der Waals surface area contributed by atoms with Crippen LogP contribution >= 0.6 is 0 Å². The third-order valence-electron chi connectivity index (χ3n) is 6.00. The highest BCUT2D eigenvalue weighted by Crippen LogP contribution is 2.33. The average Bonchev–Trinajstić information content (AvgIpc) is 2.90. The monoisotopic (exact) mass is 457 g/mol. The second kappa shape index (κ2) is 9.35. The maximum absolute atomic E-state index is 13.6. The van der Waals surface area contributed by atoms with Crippen LogP contribution < -0.4 is 16.0 Å². The van der Waals surface area contributed by atoms with Gasteiger partial charge in [0.1, 0.15) is 11.9 Å². The van der Waals surface area contributed by atoms with Crippen LogP contribution in [0.4, 0.5) is 11.5 Å². The number of pyridine rings is 1. The maximum atomic E-state index is 13.6. The molecule has 1 aliphatic rings. The van der Waals surface area contributed by atoms with Crippen LogP contribution in [0, 0.1) is 0 Å². The van der Waals surface area contributed by atoms with E-state index < -0.39 is 6.04 Å².